The SMILES string of the molecule is CC(C)Oc1ccc(C(=O)NCC(O)C2CCCC2)cn1. The van der Waals surface area contributed by atoms with Crippen molar-refractivity contribution in [3.05, 3.63) is 23.9 Å². The summed E-state index contributed by atoms with van der Waals surface area (Å²) in [5, 5.41) is 12.8. The zero-order valence-corrected chi connectivity index (χ0v) is 12.7. The smallest absolute Gasteiger partial charge is 0.252 e. The third-order valence-corrected chi connectivity index (χ3v) is 3.77. The van der Waals surface area contributed by atoms with Gasteiger partial charge < -0.3 is 15.2 Å². The van der Waals surface area contributed by atoms with Gasteiger partial charge >= 0.3 is 0 Å². The van der Waals surface area contributed by atoms with Gasteiger partial charge in [0.25, 0.3) is 5.91 Å². The summed E-state index contributed by atoms with van der Waals surface area (Å²) in [5.41, 5.74) is 0.477. The maximum absolute atomic E-state index is 12.0. The highest BCUT2D eigenvalue weighted by atomic mass is 16.5. The number of aliphatic hydroxyl groups is 1. The fraction of sp³-hybridized carbons (Fsp3) is 0.625. The number of nitrogens with zero attached hydrogens (tertiary/aromatic N) is 1. The molecule has 0 aromatic carbocycles. The Labute approximate surface area is 125 Å². The van der Waals surface area contributed by atoms with Gasteiger partial charge in [0.1, 0.15) is 0 Å². The first-order chi connectivity index (χ1) is 10.1. The Morgan fingerprint density at radius 2 is 2.14 bits per heavy atom. The quantitative estimate of drug-likeness (QED) is 0.842. The van der Waals surface area contributed by atoms with Crippen LogP contribution < -0.4 is 10.1 Å². The molecular formula is C16H24N2O3. The summed E-state index contributed by atoms with van der Waals surface area (Å²) in [7, 11) is 0. The van der Waals surface area contributed by atoms with Crippen LogP contribution in [0.25, 0.3) is 0 Å². The standard InChI is InChI=1S/C16H24N2O3/c1-11(2)21-15-8-7-13(9-17-15)16(20)18-10-14(19)12-5-3-4-6-12/h7-9,11-12,14,19H,3-6,10H2,1-2H3,(H,18,20). The number of pyridine rings is 1. The lowest BCUT2D eigenvalue weighted by Crippen LogP contribution is -2.35. The first-order valence-corrected chi connectivity index (χ1v) is 7.65. The Morgan fingerprint density at radius 1 is 1.43 bits per heavy atom. The number of carbonyl (C=O) groups is 1. The molecule has 1 heterocycles. The Bertz CT molecular complexity index is 453. The number of ether oxygens (including phenoxy) is 1. The third-order valence-electron chi connectivity index (χ3n) is 3.77. The molecule has 116 valence electrons. The first kappa shape index (κ1) is 15.8. The second-order valence-electron chi connectivity index (χ2n) is 5.87. The minimum Gasteiger partial charge on any atom is -0.475 e. The average molecular weight is 292 g/mol. The highest BCUT2D eigenvalue weighted by molar-refractivity contribution is 5.93. The Hall–Kier alpha value is -1.62. The summed E-state index contributed by atoms with van der Waals surface area (Å²) in [6.07, 6.45) is 5.56. The molecule has 0 spiro atoms. The topological polar surface area (TPSA) is 71.5 Å². The molecule has 5 heteroatoms. The maximum atomic E-state index is 12.0. The van der Waals surface area contributed by atoms with Gasteiger partial charge in [-0.15, -0.1) is 0 Å². The predicted octanol–water partition coefficient (Wildman–Crippen LogP) is 2.15. The van der Waals surface area contributed by atoms with E-state index in [0.29, 0.717) is 23.9 Å². The van der Waals surface area contributed by atoms with Crippen LogP contribution in [-0.4, -0.2) is 34.8 Å². The highest BCUT2D eigenvalue weighted by Crippen LogP contribution is 2.27. The van der Waals surface area contributed by atoms with Crippen LogP contribution in [0.4, 0.5) is 0 Å². The van der Waals surface area contributed by atoms with E-state index < -0.39 is 6.10 Å². The van der Waals surface area contributed by atoms with Crippen molar-refractivity contribution in [2.24, 2.45) is 5.92 Å². The van der Waals surface area contributed by atoms with E-state index in [2.05, 4.69) is 10.3 Å². The van der Waals surface area contributed by atoms with E-state index in [-0.39, 0.29) is 12.0 Å². The molecule has 5 nitrogen and oxygen atoms in total. The highest BCUT2D eigenvalue weighted by Gasteiger charge is 2.23. The van der Waals surface area contributed by atoms with Gasteiger partial charge in [0, 0.05) is 18.8 Å². The summed E-state index contributed by atoms with van der Waals surface area (Å²) in [5.74, 6) is 0.619. The van der Waals surface area contributed by atoms with Crippen LogP contribution >= 0.6 is 0 Å². The lowest BCUT2D eigenvalue weighted by molar-refractivity contribution is 0.0840. The van der Waals surface area contributed by atoms with Gasteiger partial charge in [-0.3, -0.25) is 4.79 Å². The van der Waals surface area contributed by atoms with E-state index in [0.717, 1.165) is 12.8 Å². The van der Waals surface area contributed by atoms with Crippen molar-refractivity contribution in [3.63, 3.8) is 0 Å². The molecule has 0 radical (unpaired) electrons. The van der Waals surface area contributed by atoms with Gasteiger partial charge in [-0.1, -0.05) is 12.8 Å². The third kappa shape index (κ3) is 4.70. The van der Waals surface area contributed by atoms with Crippen LogP contribution in [0.15, 0.2) is 18.3 Å². The number of aromatic nitrogens is 1. The van der Waals surface area contributed by atoms with E-state index in [1.807, 2.05) is 13.8 Å². The van der Waals surface area contributed by atoms with Crippen molar-refractivity contribution in [2.75, 3.05) is 6.54 Å². The molecule has 0 bridgehead atoms. The minimum atomic E-state index is -0.451. The van der Waals surface area contributed by atoms with Gasteiger partial charge in [0.15, 0.2) is 0 Å². The van der Waals surface area contributed by atoms with Crippen molar-refractivity contribution in [1.29, 1.82) is 0 Å². The van der Waals surface area contributed by atoms with Crippen molar-refractivity contribution in [2.45, 2.75) is 51.7 Å². The van der Waals surface area contributed by atoms with E-state index >= 15 is 0 Å². The second kappa shape index (κ2) is 7.41. The molecule has 1 amide bonds. The second-order valence-corrected chi connectivity index (χ2v) is 5.87. The van der Waals surface area contributed by atoms with Gasteiger partial charge in [-0.2, -0.15) is 0 Å². The molecule has 1 unspecified atom stereocenters. The zero-order chi connectivity index (χ0) is 15.2. The fourth-order valence-corrected chi connectivity index (χ4v) is 2.63. The monoisotopic (exact) mass is 292 g/mol. The van der Waals surface area contributed by atoms with E-state index in [1.165, 1.54) is 19.0 Å². The summed E-state index contributed by atoms with van der Waals surface area (Å²) in [4.78, 5) is 16.1. The molecule has 1 saturated carbocycles. The fourth-order valence-electron chi connectivity index (χ4n) is 2.63. The number of amides is 1. The molecule has 1 aromatic heterocycles. The number of nitrogens with one attached hydrogen (secondary N) is 1. The molecule has 1 aliphatic rings. The maximum Gasteiger partial charge on any atom is 0.252 e. The van der Waals surface area contributed by atoms with Gasteiger partial charge in [0.05, 0.1) is 17.8 Å². The normalized spacial score (nSPS) is 17.0. The van der Waals surface area contributed by atoms with E-state index in [1.54, 1.807) is 12.1 Å². The molecule has 0 saturated heterocycles. The van der Waals surface area contributed by atoms with Crippen molar-refractivity contribution < 1.29 is 14.6 Å². The molecule has 2 rings (SSSR count). The van der Waals surface area contributed by atoms with Crippen molar-refractivity contribution in [3.8, 4) is 5.88 Å². The molecule has 2 N–H and O–H groups in total. The van der Waals surface area contributed by atoms with Gasteiger partial charge in [-0.25, -0.2) is 4.98 Å². The van der Waals surface area contributed by atoms with E-state index in [4.69, 9.17) is 4.74 Å². The number of rotatable bonds is 6. The van der Waals surface area contributed by atoms with Crippen LogP contribution in [0, 0.1) is 5.92 Å². The van der Waals surface area contributed by atoms with Gasteiger partial charge in [0.2, 0.25) is 5.88 Å². The van der Waals surface area contributed by atoms with Crippen molar-refractivity contribution >= 4 is 5.91 Å². The Kier molecular flexibility index (Phi) is 5.56. The zero-order valence-electron chi connectivity index (χ0n) is 12.7. The summed E-state index contributed by atoms with van der Waals surface area (Å²) >= 11 is 0. The summed E-state index contributed by atoms with van der Waals surface area (Å²) in [6.45, 7) is 4.15. The number of aliphatic hydroxyl groups excluding tert-OH is 1. The molecule has 21 heavy (non-hydrogen) atoms. The molecule has 1 atom stereocenters. The average Bonchev–Trinajstić information content (AvgIpc) is 2.99. The Balaban J connectivity index is 1.82. The molecule has 1 aromatic rings. The lowest BCUT2D eigenvalue weighted by atomic mass is 10.0. The predicted molar refractivity (Wildman–Crippen MR) is 80.3 cm³/mol. The van der Waals surface area contributed by atoms with Crippen LogP contribution in [0.3, 0.4) is 0 Å². The largest absolute Gasteiger partial charge is 0.475 e. The minimum absolute atomic E-state index is 0.0544. The number of hydrogen-bond donors (Lipinski definition) is 2. The number of hydrogen-bond acceptors (Lipinski definition) is 4. The Morgan fingerprint density at radius 3 is 2.71 bits per heavy atom. The van der Waals surface area contributed by atoms with E-state index in [9.17, 15) is 9.90 Å². The van der Waals surface area contributed by atoms with Crippen LogP contribution in [-0.2, 0) is 0 Å². The molecule has 1 aliphatic carbocycles. The van der Waals surface area contributed by atoms with Crippen LogP contribution in [0.1, 0.15) is 49.9 Å². The lowest BCUT2D eigenvalue weighted by Gasteiger charge is -2.18. The number of carbonyl (C=O) groups excluding carboxylic acids is 1. The summed E-state index contributed by atoms with van der Waals surface area (Å²) in [6, 6.07) is 3.37. The van der Waals surface area contributed by atoms with Crippen LogP contribution in [0.2, 0.25) is 0 Å². The van der Waals surface area contributed by atoms with Crippen molar-refractivity contribution in [1.82, 2.24) is 10.3 Å². The molecule has 1 fully saturated rings. The molecular weight excluding hydrogens is 268 g/mol. The molecule has 0 aliphatic heterocycles. The first-order valence-electron chi connectivity index (χ1n) is 7.65. The van der Waals surface area contributed by atoms with Gasteiger partial charge in [-0.05, 0) is 38.7 Å². The van der Waals surface area contributed by atoms with Crippen LogP contribution in [0.5, 0.6) is 5.88 Å². The summed E-state index contributed by atoms with van der Waals surface area (Å²) < 4.78 is 5.43.